The van der Waals surface area contributed by atoms with Gasteiger partial charge in [0.25, 0.3) is 5.91 Å². The van der Waals surface area contributed by atoms with Crippen molar-refractivity contribution < 1.29 is 14.1 Å². The Morgan fingerprint density at radius 3 is 2.42 bits per heavy atom. The van der Waals surface area contributed by atoms with Gasteiger partial charge in [0.2, 0.25) is 0 Å². The molecule has 1 unspecified atom stereocenters. The molecule has 0 saturated heterocycles. The zero-order valence-corrected chi connectivity index (χ0v) is 16.8. The minimum absolute atomic E-state index is 0.137. The van der Waals surface area contributed by atoms with Gasteiger partial charge in [0.1, 0.15) is 12.1 Å². The number of carbonyl (C=O) groups is 1. The number of hydrogen-bond acceptors (Lipinski definition) is 3. The molecule has 0 spiro atoms. The molecule has 1 aromatic carbocycles. The molecular formula is C21H31N2O3+. The van der Waals surface area contributed by atoms with Gasteiger partial charge >= 0.3 is 5.63 Å². The van der Waals surface area contributed by atoms with Crippen LogP contribution in [-0.4, -0.2) is 37.5 Å². The molecule has 0 saturated carbocycles. The first-order chi connectivity index (χ1) is 12.3. The summed E-state index contributed by atoms with van der Waals surface area (Å²) in [4.78, 5) is 27.2. The van der Waals surface area contributed by atoms with Gasteiger partial charge in [-0.2, -0.15) is 0 Å². The van der Waals surface area contributed by atoms with Gasteiger partial charge in [-0.25, -0.2) is 4.79 Å². The Balaban J connectivity index is 2.35. The van der Waals surface area contributed by atoms with Gasteiger partial charge in [-0.15, -0.1) is 0 Å². The van der Waals surface area contributed by atoms with Crippen LogP contribution in [0.25, 0.3) is 11.0 Å². The monoisotopic (exact) mass is 359 g/mol. The number of nitrogens with zero attached hydrogens (tertiary/aromatic N) is 1. The van der Waals surface area contributed by atoms with Gasteiger partial charge in [-0.1, -0.05) is 13.8 Å². The van der Waals surface area contributed by atoms with E-state index < -0.39 is 0 Å². The van der Waals surface area contributed by atoms with Crippen molar-refractivity contribution in [2.75, 3.05) is 26.7 Å². The number of hydrogen-bond donors (Lipinski definition) is 1. The maximum Gasteiger partial charge on any atom is 0.336 e. The number of likely N-dealkylation sites (N-methyl/N-ethyl adjacent to an activating group) is 2. The molecule has 142 valence electrons. The van der Waals surface area contributed by atoms with Gasteiger partial charge in [0, 0.05) is 30.1 Å². The number of rotatable bonds is 7. The van der Waals surface area contributed by atoms with E-state index in [4.69, 9.17) is 4.42 Å². The number of benzene rings is 1. The van der Waals surface area contributed by atoms with E-state index in [1.165, 1.54) is 5.56 Å². The Hall–Kier alpha value is -2.14. The van der Waals surface area contributed by atoms with E-state index >= 15 is 0 Å². The van der Waals surface area contributed by atoms with Crippen LogP contribution in [0.3, 0.4) is 0 Å². The van der Waals surface area contributed by atoms with E-state index in [2.05, 4.69) is 19.9 Å². The summed E-state index contributed by atoms with van der Waals surface area (Å²) < 4.78 is 5.41. The summed E-state index contributed by atoms with van der Waals surface area (Å²) in [7, 11) is 1.99. The highest BCUT2D eigenvalue weighted by atomic mass is 16.4. The van der Waals surface area contributed by atoms with Gasteiger partial charge in [-0.05, 0) is 49.9 Å². The number of quaternary nitrogens is 1. The van der Waals surface area contributed by atoms with Crippen LogP contribution in [0.15, 0.2) is 27.4 Å². The Morgan fingerprint density at radius 2 is 1.85 bits per heavy atom. The van der Waals surface area contributed by atoms with E-state index in [0.29, 0.717) is 24.6 Å². The SMILES string of the molecule is CCN(CC)C(=O)C[NH+](C)Cc1cc(=O)oc2cc(C)c(C(C)C)cc12. The van der Waals surface area contributed by atoms with Crippen molar-refractivity contribution in [1.82, 2.24) is 4.90 Å². The molecule has 0 bridgehead atoms. The molecule has 2 rings (SSSR count). The molecule has 26 heavy (non-hydrogen) atoms. The Bertz CT molecular complexity index is 835. The number of amides is 1. The van der Waals surface area contributed by atoms with Crippen molar-refractivity contribution in [3.63, 3.8) is 0 Å². The lowest BCUT2D eigenvalue weighted by Gasteiger charge is -2.21. The average Bonchev–Trinajstić information content (AvgIpc) is 2.54. The Labute approximate surface area is 155 Å². The summed E-state index contributed by atoms with van der Waals surface area (Å²) in [6, 6.07) is 5.65. The zero-order chi connectivity index (χ0) is 19.4. The number of aryl methyl sites for hydroxylation is 1. The minimum atomic E-state index is -0.341. The van der Waals surface area contributed by atoms with Gasteiger partial charge in [-0.3, -0.25) is 4.79 Å². The third kappa shape index (κ3) is 4.52. The van der Waals surface area contributed by atoms with E-state index in [1.807, 2.05) is 38.8 Å². The van der Waals surface area contributed by atoms with Crippen LogP contribution < -0.4 is 10.5 Å². The van der Waals surface area contributed by atoms with Crippen LogP contribution in [0.5, 0.6) is 0 Å². The molecule has 1 N–H and O–H groups in total. The third-order valence-electron chi connectivity index (χ3n) is 4.90. The lowest BCUT2D eigenvalue weighted by atomic mass is 9.95. The highest BCUT2D eigenvalue weighted by Crippen LogP contribution is 2.26. The van der Waals surface area contributed by atoms with Crippen molar-refractivity contribution in [3.8, 4) is 0 Å². The molecule has 1 atom stereocenters. The van der Waals surface area contributed by atoms with Crippen LogP contribution in [0.2, 0.25) is 0 Å². The lowest BCUT2D eigenvalue weighted by Crippen LogP contribution is -3.08. The first-order valence-electron chi connectivity index (χ1n) is 9.43. The van der Waals surface area contributed by atoms with Crippen LogP contribution in [0.1, 0.15) is 50.3 Å². The fraction of sp³-hybridized carbons (Fsp3) is 0.524. The van der Waals surface area contributed by atoms with Crippen molar-refractivity contribution in [2.24, 2.45) is 0 Å². The summed E-state index contributed by atoms with van der Waals surface area (Å²) in [6.45, 7) is 12.8. The summed E-state index contributed by atoms with van der Waals surface area (Å²) in [5.74, 6) is 0.534. The van der Waals surface area contributed by atoms with Crippen LogP contribution in [0.4, 0.5) is 0 Å². The highest BCUT2D eigenvalue weighted by molar-refractivity contribution is 5.82. The minimum Gasteiger partial charge on any atom is -0.423 e. The normalized spacial score (nSPS) is 12.6. The van der Waals surface area contributed by atoms with Gasteiger partial charge in [0.15, 0.2) is 6.54 Å². The summed E-state index contributed by atoms with van der Waals surface area (Å²) in [6.07, 6.45) is 0. The second kappa shape index (κ2) is 8.49. The van der Waals surface area contributed by atoms with E-state index in [-0.39, 0.29) is 11.5 Å². The predicted molar refractivity (Wildman–Crippen MR) is 105 cm³/mol. The molecule has 0 fully saturated rings. The number of nitrogens with one attached hydrogen (secondary N) is 1. The van der Waals surface area contributed by atoms with Gasteiger partial charge in [0.05, 0.1) is 7.05 Å². The lowest BCUT2D eigenvalue weighted by molar-refractivity contribution is -0.885. The molecule has 5 heteroatoms. The summed E-state index contributed by atoms with van der Waals surface area (Å²) in [5, 5.41) is 0.966. The highest BCUT2D eigenvalue weighted by Gasteiger charge is 2.18. The summed E-state index contributed by atoms with van der Waals surface area (Å²) >= 11 is 0. The maximum atomic E-state index is 12.3. The molecule has 0 radical (unpaired) electrons. The predicted octanol–water partition coefficient (Wildman–Crippen LogP) is 2.11. The third-order valence-corrected chi connectivity index (χ3v) is 4.90. The Kier molecular flexibility index (Phi) is 6.59. The molecular weight excluding hydrogens is 328 g/mol. The molecule has 5 nitrogen and oxygen atoms in total. The number of carbonyl (C=O) groups excluding carboxylic acids is 1. The molecule has 1 heterocycles. The standard InChI is InChI=1S/C21H30N2O3/c1-7-23(8-2)20(24)13-22(6)12-16-10-21(25)26-19-9-15(5)17(14(3)4)11-18(16)19/h9-11,14H,7-8,12-13H2,1-6H3/p+1. The first kappa shape index (κ1) is 20.2. The quantitative estimate of drug-likeness (QED) is 0.771. The topological polar surface area (TPSA) is 55.0 Å². The second-order valence-corrected chi connectivity index (χ2v) is 7.33. The zero-order valence-electron chi connectivity index (χ0n) is 16.8. The molecule has 0 aliphatic carbocycles. The van der Waals surface area contributed by atoms with E-state index in [0.717, 1.165) is 34.5 Å². The van der Waals surface area contributed by atoms with E-state index in [1.54, 1.807) is 6.07 Å². The second-order valence-electron chi connectivity index (χ2n) is 7.33. The smallest absolute Gasteiger partial charge is 0.336 e. The van der Waals surface area contributed by atoms with Crippen molar-refractivity contribution >= 4 is 16.9 Å². The maximum absolute atomic E-state index is 12.3. The largest absolute Gasteiger partial charge is 0.423 e. The molecule has 0 aliphatic heterocycles. The molecule has 1 amide bonds. The molecule has 1 aromatic heterocycles. The average molecular weight is 359 g/mol. The van der Waals surface area contributed by atoms with Crippen molar-refractivity contribution in [3.05, 3.63) is 45.3 Å². The van der Waals surface area contributed by atoms with Gasteiger partial charge < -0.3 is 14.2 Å². The molecule has 2 aromatic rings. The van der Waals surface area contributed by atoms with Crippen LogP contribution >= 0.6 is 0 Å². The Morgan fingerprint density at radius 1 is 1.19 bits per heavy atom. The van der Waals surface area contributed by atoms with E-state index in [9.17, 15) is 9.59 Å². The van der Waals surface area contributed by atoms with Crippen LogP contribution in [-0.2, 0) is 11.3 Å². The summed E-state index contributed by atoms with van der Waals surface area (Å²) in [5.41, 5.74) is 3.60. The fourth-order valence-corrected chi connectivity index (χ4v) is 3.49. The molecule has 0 aliphatic rings. The van der Waals surface area contributed by atoms with Crippen molar-refractivity contribution in [1.29, 1.82) is 0 Å². The first-order valence-corrected chi connectivity index (χ1v) is 9.43. The van der Waals surface area contributed by atoms with Crippen LogP contribution in [0, 0.1) is 6.92 Å². The fourth-order valence-electron chi connectivity index (χ4n) is 3.49. The number of fused-ring (bicyclic) bond motifs is 1. The van der Waals surface area contributed by atoms with Crippen molar-refractivity contribution in [2.45, 2.75) is 47.1 Å².